The Morgan fingerprint density at radius 3 is 2.43 bits per heavy atom. The van der Waals surface area contributed by atoms with Gasteiger partial charge in [0.15, 0.2) is 0 Å². The van der Waals surface area contributed by atoms with Crippen molar-refractivity contribution in [2.45, 2.75) is 53.1 Å². The number of carbonyl (C=O) groups is 1. The van der Waals surface area contributed by atoms with E-state index in [-0.39, 0.29) is 23.0 Å². The topological polar surface area (TPSA) is 38.3 Å². The molecule has 0 aromatic heterocycles. The zero-order valence-electron chi connectivity index (χ0n) is 13.4. The lowest BCUT2D eigenvalue weighted by Crippen LogP contribution is -2.39. The number of carbonyl (C=O) groups excluding carboxylic acids is 1. The molecule has 3 nitrogen and oxygen atoms in total. The van der Waals surface area contributed by atoms with Crippen molar-refractivity contribution in [3.8, 4) is 0 Å². The number of amides is 1. The molecule has 1 amide bonds. The van der Waals surface area contributed by atoms with Gasteiger partial charge in [0.05, 0.1) is 0 Å². The first-order chi connectivity index (χ1) is 9.83. The highest BCUT2D eigenvalue weighted by Crippen LogP contribution is 2.66. The van der Waals surface area contributed by atoms with Crippen LogP contribution in [0.5, 0.6) is 0 Å². The summed E-state index contributed by atoms with van der Waals surface area (Å²) < 4.78 is 5.77. The minimum absolute atomic E-state index is 0.0386. The number of aryl methyl sites for hydroxylation is 1. The molecule has 2 saturated carbocycles. The third kappa shape index (κ3) is 2.23. The SMILES string of the molecule is Cc1ccc(NC(=O)OC2CC3CCC2(C)C3(C)C)cc1. The molecule has 0 spiro atoms. The van der Waals surface area contributed by atoms with Gasteiger partial charge in [-0.25, -0.2) is 4.79 Å². The molecule has 3 heteroatoms. The van der Waals surface area contributed by atoms with Crippen molar-refractivity contribution in [2.75, 3.05) is 5.32 Å². The molecule has 114 valence electrons. The Hall–Kier alpha value is -1.51. The van der Waals surface area contributed by atoms with Gasteiger partial charge in [-0.05, 0) is 49.7 Å². The van der Waals surface area contributed by atoms with Crippen LogP contribution in [0.1, 0.15) is 45.6 Å². The van der Waals surface area contributed by atoms with Crippen molar-refractivity contribution in [2.24, 2.45) is 16.7 Å². The summed E-state index contributed by atoms with van der Waals surface area (Å²) in [7, 11) is 0. The molecular weight excluding hydrogens is 262 g/mol. The van der Waals surface area contributed by atoms with Gasteiger partial charge in [-0.1, -0.05) is 38.5 Å². The average molecular weight is 287 g/mol. The van der Waals surface area contributed by atoms with Gasteiger partial charge in [0.25, 0.3) is 0 Å². The predicted octanol–water partition coefficient (Wildman–Crippen LogP) is 4.76. The van der Waals surface area contributed by atoms with E-state index in [1.54, 1.807) is 0 Å². The minimum Gasteiger partial charge on any atom is -0.445 e. The Morgan fingerprint density at radius 2 is 1.90 bits per heavy atom. The van der Waals surface area contributed by atoms with Crippen LogP contribution in [0, 0.1) is 23.7 Å². The molecule has 3 atom stereocenters. The van der Waals surface area contributed by atoms with E-state index in [1.165, 1.54) is 12.0 Å². The van der Waals surface area contributed by atoms with E-state index in [4.69, 9.17) is 4.74 Å². The first kappa shape index (κ1) is 14.4. The largest absolute Gasteiger partial charge is 0.445 e. The molecule has 2 aliphatic rings. The van der Waals surface area contributed by atoms with E-state index in [1.807, 2.05) is 31.2 Å². The maximum atomic E-state index is 12.1. The summed E-state index contributed by atoms with van der Waals surface area (Å²) in [4.78, 5) is 12.1. The van der Waals surface area contributed by atoms with Gasteiger partial charge < -0.3 is 4.74 Å². The van der Waals surface area contributed by atoms with E-state index < -0.39 is 0 Å². The van der Waals surface area contributed by atoms with Crippen molar-refractivity contribution in [1.29, 1.82) is 0 Å². The molecule has 0 aliphatic heterocycles. The molecule has 3 unspecified atom stereocenters. The zero-order valence-corrected chi connectivity index (χ0v) is 13.4. The Bertz CT molecular complexity index is 549. The molecular formula is C18H25NO2. The number of hydrogen-bond acceptors (Lipinski definition) is 2. The van der Waals surface area contributed by atoms with Gasteiger partial charge >= 0.3 is 6.09 Å². The number of benzene rings is 1. The Balaban J connectivity index is 1.65. The van der Waals surface area contributed by atoms with Crippen LogP contribution in [-0.2, 0) is 4.74 Å². The molecule has 1 aromatic carbocycles. The highest BCUT2D eigenvalue weighted by molar-refractivity contribution is 5.84. The van der Waals surface area contributed by atoms with E-state index in [9.17, 15) is 4.79 Å². The third-order valence-electron chi connectivity index (χ3n) is 6.26. The molecule has 2 fully saturated rings. The number of rotatable bonds is 2. The summed E-state index contributed by atoms with van der Waals surface area (Å²) in [6.07, 6.45) is 3.14. The van der Waals surface area contributed by atoms with Gasteiger partial charge in [-0.15, -0.1) is 0 Å². The van der Waals surface area contributed by atoms with Crippen molar-refractivity contribution in [1.82, 2.24) is 0 Å². The molecule has 2 bridgehead atoms. The van der Waals surface area contributed by atoms with Crippen LogP contribution in [0.2, 0.25) is 0 Å². The molecule has 3 rings (SSSR count). The van der Waals surface area contributed by atoms with E-state index in [0.717, 1.165) is 18.5 Å². The van der Waals surface area contributed by atoms with Crippen LogP contribution >= 0.6 is 0 Å². The van der Waals surface area contributed by atoms with Gasteiger partial charge in [-0.3, -0.25) is 5.32 Å². The summed E-state index contributed by atoms with van der Waals surface area (Å²) in [5.74, 6) is 0.680. The van der Waals surface area contributed by atoms with Crippen LogP contribution < -0.4 is 5.32 Å². The maximum Gasteiger partial charge on any atom is 0.411 e. The predicted molar refractivity (Wildman–Crippen MR) is 84.3 cm³/mol. The molecule has 0 heterocycles. The summed E-state index contributed by atoms with van der Waals surface area (Å²) in [5.41, 5.74) is 2.35. The fraction of sp³-hybridized carbons (Fsp3) is 0.611. The molecule has 0 radical (unpaired) electrons. The van der Waals surface area contributed by atoms with Gasteiger partial charge in [0.1, 0.15) is 6.10 Å². The van der Waals surface area contributed by atoms with Crippen molar-refractivity contribution < 1.29 is 9.53 Å². The second-order valence-corrected chi connectivity index (χ2v) is 7.50. The van der Waals surface area contributed by atoms with Gasteiger partial charge in [0.2, 0.25) is 0 Å². The monoisotopic (exact) mass is 287 g/mol. The number of nitrogens with one attached hydrogen (secondary N) is 1. The number of ether oxygens (including phenoxy) is 1. The summed E-state index contributed by atoms with van der Waals surface area (Å²) >= 11 is 0. The van der Waals surface area contributed by atoms with E-state index in [2.05, 4.69) is 26.1 Å². The fourth-order valence-electron chi connectivity index (χ4n) is 4.22. The first-order valence-electron chi connectivity index (χ1n) is 7.87. The quantitative estimate of drug-likeness (QED) is 0.851. The Morgan fingerprint density at radius 1 is 1.24 bits per heavy atom. The van der Waals surface area contributed by atoms with Crippen LogP contribution in [0.25, 0.3) is 0 Å². The van der Waals surface area contributed by atoms with Crippen LogP contribution in [0.15, 0.2) is 24.3 Å². The Labute approximate surface area is 127 Å². The second kappa shape index (κ2) is 4.75. The van der Waals surface area contributed by atoms with Crippen molar-refractivity contribution >= 4 is 11.8 Å². The Kier molecular flexibility index (Phi) is 3.27. The average Bonchev–Trinajstić information content (AvgIpc) is 2.74. The van der Waals surface area contributed by atoms with Crippen LogP contribution in [0.4, 0.5) is 10.5 Å². The number of fused-ring (bicyclic) bond motifs is 2. The zero-order chi connectivity index (χ0) is 15.3. The molecule has 0 saturated heterocycles. The normalized spacial score (nSPS) is 33.0. The maximum absolute atomic E-state index is 12.1. The number of anilines is 1. The lowest BCUT2D eigenvalue weighted by atomic mass is 9.70. The van der Waals surface area contributed by atoms with Crippen LogP contribution in [0.3, 0.4) is 0 Å². The van der Waals surface area contributed by atoms with Crippen LogP contribution in [-0.4, -0.2) is 12.2 Å². The van der Waals surface area contributed by atoms with E-state index in [0.29, 0.717) is 5.92 Å². The van der Waals surface area contributed by atoms with Gasteiger partial charge in [-0.2, -0.15) is 0 Å². The number of hydrogen-bond donors (Lipinski definition) is 1. The third-order valence-corrected chi connectivity index (χ3v) is 6.26. The lowest BCUT2D eigenvalue weighted by molar-refractivity contribution is 0.00148. The standard InChI is InChI=1S/C18H25NO2/c1-12-5-7-14(8-6-12)19-16(20)21-15-11-13-9-10-18(15,4)17(13,2)3/h5-8,13,15H,9-11H2,1-4H3,(H,19,20). The first-order valence-corrected chi connectivity index (χ1v) is 7.87. The molecule has 1 aromatic rings. The van der Waals surface area contributed by atoms with Crippen molar-refractivity contribution in [3.05, 3.63) is 29.8 Å². The minimum atomic E-state index is -0.326. The van der Waals surface area contributed by atoms with Gasteiger partial charge in [0, 0.05) is 11.1 Å². The van der Waals surface area contributed by atoms with Crippen molar-refractivity contribution in [3.63, 3.8) is 0 Å². The smallest absolute Gasteiger partial charge is 0.411 e. The highest BCUT2D eigenvalue weighted by Gasteiger charge is 2.62. The summed E-state index contributed by atoms with van der Waals surface area (Å²) in [6.45, 7) is 8.96. The fourth-order valence-corrected chi connectivity index (χ4v) is 4.22. The molecule has 1 N–H and O–H groups in total. The summed E-state index contributed by atoms with van der Waals surface area (Å²) in [6, 6.07) is 7.78. The highest BCUT2D eigenvalue weighted by atomic mass is 16.6. The summed E-state index contributed by atoms with van der Waals surface area (Å²) in [5, 5.41) is 2.84. The molecule has 2 aliphatic carbocycles. The second-order valence-electron chi connectivity index (χ2n) is 7.50. The lowest BCUT2D eigenvalue weighted by Gasteiger charge is -2.38. The molecule has 21 heavy (non-hydrogen) atoms. The van der Waals surface area contributed by atoms with E-state index >= 15 is 0 Å².